The van der Waals surface area contributed by atoms with Gasteiger partial charge in [-0.3, -0.25) is 10.1 Å². The molecule has 0 saturated heterocycles. The lowest BCUT2D eigenvalue weighted by Crippen LogP contribution is -2.57. The third-order valence-corrected chi connectivity index (χ3v) is 4.63. The van der Waals surface area contributed by atoms with E-state index >= 15 is 0 Å². The van der Waals surface area contributed by atoms with Gasteiger partial charge in [0, 0.05) is 5.38 Å². The Morgan fingerprint density at radius 1 is 1.29 bits per heavy atom. The number of amides is 2. The summed E-state index contributed by atoms with van der Waals surface area (Å²) in [5.74, 6) is -0.675. The first-order valence-corrected chi connectivity index (χ1v) is 7.63. The number of hydrogen-bond donors (Lipinski definition) is 3. The van der Waals surface area contributed by atoms with E-state index in [4.69, 9.17) is 0 Å². The zero-order valence-electron chi connectivity index (χ0n) is 13.3. The lowest BCUT2D eigenvalue weighted by molar-refractivity contribution is -0.150. The van der Waals surface area contributed by atoms with Crippen molar-refractivity contribution >= 4 is 28.5 Å². The molecule has 0 aromatic carbocycles. The number of hydrogen-bond acceptors (Lipinski definition) is 4. The van der Waals surface area contributed by atoms with E-state index in [1.165, 1.54) is 11.3 Å². The van der Waals surface area contributed by atoms with Crippen LogP contribution in [0.2, 0.25) is 0 Å². The minimum absolute atomic E-state index is 0.294. The van der Waals surface area contributed by atoms with Crippen molar-refractivity contribution in [3.8, 4) is 0 Å². The lowest BCUT2D eigenvalue weighted by Gasteiger charge is -2.38. The molecule has 0 atom stereocenters. The Kier molecular flexibility index (Phi) is 4.99. The molecule has 0 bridgehead atoms. The Labute approximate surface area is 129 Å². The fourth-order valence-electron chi connectivity index (χ4n) is 1.44. The van der Waals surface area contributed by atoms with Crippen molar-refractivity contribution in [3.05, 3.63) is 11.1 Å². The average molecular weight is 313 g/mol. The van der Waals surface area contributed by atoms with Gasteiger partial charge >= 0.3 is 12.0 Å². The fraction of sp³-hybridized carbons (Fsp3) is 0.643. The molecule has 0 aliphatic rings. The lowest BCUT2D eigenvalue weighted by atomic mass is 9.74. The van der Waals surface area contributed by atoms with Crippen LogP contribution in [0.15, 0.2) is 5.38 Å². The number of anilines is 1. The fourth-order valence-corrected chi connectivity index (χ4v) is 2.31. The maximum Gasteiger partial charge on any atom is 0.321 e. The summed E-state index contributed by atoms with van der Waals surface area (Å²) in [5, 5.41) is 17.0. The van der Waals surface area contributed by atoms with E-state index in [1.807, 2.05) is 19.2 Å². The van der Waals surface area contributed by atoms with Crippen LogP contribution >= 0.6 is 11.3 Å². The van der Waals surface area contributed by atoms with Gasteiger partial charge in [0.1, 0.15) is 0 Å². The molecular formula is C14H23N3O3S. The summed E-state index contributed by atoms with van der Waals surface area (Å²) in [6, 6.07) is -0.459. The largest absolute Gasteiger partial charge is 0.481 e. The zero-order chi connectivity index (χ0) is 16.4. The van der Waals surface area contributed by atoms with Gasteiger partial charge in [0.05, 0.1) is 16.6 Å². The van der Waals surface area contributed by atoms with Gasteiger partial charge in [0.15, 0.2) is 5.13 Å². The van der Waals surface area contributed by atoms with E-state index in [9.17, 15) is 14.7 Å². The van der Waals surface area contributed by atoms with E-state index in [1.54, 1.807) is 27.7 Å². The number of nitrogens with zero attached hydrogens (tertiary/aromatic N) is 1. The van der Waals surface area contributed by atoms with Crippen LogP contribution in [0.3, 0.4) is 0 Å². The molecule has 3 N–H and O–H groups in total. The highest BCUT2D eigenvalue weighted by Crippen LogP contribution is 2.31. The molecule has 1 aromatic rings. The van der Waals surface area contributed by atoms with Crippen molar-refractivity contribution in [1.82, 2.24) is 10.3 Å². The summed E-state index contributed by atoms with van der Waals surface area (Å²) in [6.07, 6.45) is 0. The van der Waals surface area contributed by atoms with Gasteiger partial charge < -0.3 is 10.4 Å². The molecule has 6 nitrogen and oxygen atoms in total. The number of carbonyl (C=O) groups excluding carboxylic acids is 1. The minimum atomic E-state index is -1.10. The number of aromatic nitrogens is 1. The van der Waals surface area contributed by atoms with E-state index < -0.39 is 23.0 Å². The number of rotatable bonds is 5. The molecular weight excluding hydrogens is 290 g/mol. The maximum absolute atomic E-state index is 12.0. The van der Waals surface area contributed by atoms with Gasteiger partial charge in [0.25, 0.3) is 0 Å². The molecule has 0 radical (unpaired) electrons. The van der Waals surface area contributed by atoms with E-state index in [2.05, 4.69) is 15.6 Å². The highest BCUT2D eigenvalue weighted by Gasteiger charge is 2.44. The van der Waals surface area contributed by atoms with Gasteiger partial charge in [-0.15, -0.1) is 11.3 Å². The predicted octanol–water partition coefficient (Wildman–Crippen LogP) is 3.28. The monoisotopic (exact) mass is 313 g/mol. The van der Waals surface area contributed by atoms with Gasteiger partial charge in [-0.2, -0.15) is 0 Å². The molecule has 0 unspecified atom stereocenters. The molecule has 0 aliphatic heterocycles. The second kappa shape index (κ2) is 6.01. The van der Waals surface area contributed by atoms with Gasteiger partial charge in [-0.25, -0.2) is 9.78 Å². The molecule has 1 heterocycles. The van der Waals surface area contributed by atoms with Crippen LogP contribution < -0.4 is 10.6 Å². The summed E-state index contributed by atoms with van der Waals surface area (Å²) in [7, 11) is 0. The Hall–Kier alpha value is -1.63. The summed E-state index contributed by atoms with van der Waals surface area (Å²) in [4.78, 5) is 27.6. The highest BCUT2D eigenvalue weighted by molar-refractivity contribution is 7.13. The quantitative estimate of drug-likeness (QED) is 0.778. The van der Waals surface area contributed by atoms with Crippen LogP contribution in [0, 0.1) is 5.41 Å². The van der Waals surface area contributed by atoms with Gasteiger partial charge in [0.2, 0.25) is 0 Å². The first-order valence-electron chi connectivity index (χ1n) is 6.75. The smallest absolute Gasteiger partial charge is 0.321 e. The van der Waals surface area contributed by atoms with E-state index in [0.29, 0.717) is 11.0 Å². The first kappa shape index (κ1) is 17.4. The van der Waals surface area contributed by atoms with Crippen molar-refractivity contribution < 1.29 is 14.7 Å². The summed E-state index contributed by atoms with van der Waals surface area (Å²) in [6.45, 7) is 10.6. The predicted molar refractivity (Wildman–Crippen MR) is 83.9 cm³/mol. The van der Waals surface area contributed by atoms with Gasteiger partial charge in [-0.1, -0.05) is 13.8 Å². The molecule has 0 spiro atoms. The number of carbonyl (C=O) groups is 2. The molecule has 0 saturated carbocycles. The van der Waals surface area contributed by atoms with Crippen LogP contribution in [0.25, 0.3) is 0 Å². The third kappa shape index (κ3) is 3.93. The maximum atomic E-state index is 12.0. The Morgan fingerprint density at radius 3 is 2.29 bits per heavy atom. The number of urea groups is 1. The molecule has 1 rings (SSSR count). The van der Waals surface area contributed by atoms with E-state index in [-0.39, 0.29) is 0 Å². The molecule has 0 fully saturated rings. The second-order valence-corrected chi connectivity index (χ2v) is 7.22. The summed E-state index contributed by atoms with van der Waals surface area (Å²) < 4.78 is 0. The van der Waals surface area contributed by atoms with Crippen molar-refractivity contribution in [2.75, 3.05) is 5.32 Å². The molecule has 2 amide bonds. The molecule has 1 aromatic heterocycles. The van der Waals surface area contributed by atoms with Crippen LogP contribution in [0.4, 0.5) is 9.93 Å². The topological polar surface area (TPSA) is 91.3 Å². The van der Waals surface area contributed by atoms with Crippen LogP contribution in [0.1, 0.15) is 53.2 Å². The Morgan fingerprint density at radius 2 is 1.86 bits per heavy atom. The SMILES string of the molecule is CC(C)c1csc(NC(=O)NC(C)(C)C(C)(C)C(=O)O)n1. The first-order chi connectivity index (χ1) is 9.47. The Balaban J connectivity index is 2.74. The van der Waals surface area contributed by atoms with Crippen molar-refractivity contribution in [1.29, 1.82) is 0 Å². The molecule has 21 heavy (non-hydrogen) atoms. The van der Waals surface area contributed by atoms with Crippen molar-refractivity contribution in [3.63, 3.8) is 0 Å². The van der Waals surface area contributed by atoms with Crippen molar-refractivity contribution in [2.24, 2.45) is 5.41 Å². The minimum Gasteiger partial charge on any atom is -0.481 e. The Bertz CT molecular complexity index is 535. The molecule has 0 aliphatic carbocycles. The number of thiazole rings is 1. The van der Waals surface area contributed by atoms with Crippen LogP contribution in [-0.2, 0) is 4.79 Å². The zero-order valence-corrected chi connectivity index (χ0v) is 14.1. The van der Waals surface area contributed by atoms with E-state index in [0.717, 1.165) is 5.69 Å². The van der Waals surface area contributed by atoms with Crippen LogP contribution in [0.5, 0.6) is 0 Å². The standard InChI is InChI=1S/C14H23N3O3S/c1-8(2)9-7-21-12(15-9)16-11(20)17-14(5,6)13(3,4)10(18)19/h7-8H,1-6H3,(H,18,19)(H2,15,16,17,20). The highest BCUT2D eigenvalue weighted by atomic mass is 32.1. The molecule has 118 valence electrons. The number of carboxylic acid groups (broad SMARTS) is 1. The normalized spacial score (nSPS) is 12.3. The van der Waals surface area contributed by atoms with Crippen molar-refractivity contribution in [2.45, 2.75) is 53.0 Å². The second-order valence-electron chi connectivity index (χ2n) is 6.37. The average Bonchev–Trinajstić information content (AvgIpc) is 2.76. The van der Waals surface area contributed by atoms with Crippen LogP contribution in [-0.4, -0.2) is 27.6 Å². The third-order valence-electron chi connectivity index (χ3n) is 3.86. The summed E-state index contributed by atoms with van der Waals surface area (Å²) >= 11 is 1.35. The number of carboxylic acids is 1. The van der Waals surface area contributed by atoms with Gasteiger partial charge in [-0.05, 0) is 33.6 Å². The molecule has 7 heteroatoms. The summed E-state index contributed by atoms with van der Waals surface area (Å²) in [5.41, 5.74) is -1.10. The number of aliphatic carboxylic acids is 1. The number of nitrogens with one attached hydrogen (secondary N) is 2.